The van der Waals surface area contributed by atoms with Crippen LogP contribution in [0.4, 0.5) is 17.1 Å². The SMILES string of the molecule is c1ccc(-c2cccc3cccc(-c4ccc(N(c5ccc(-c6cccc(-n7c8ccccc8c8ccccc87)c6)cc5)c5ccc(-c6cccc7c6oc6ccccc67)cc5)cc4)c23)cc1. The van der Waals surface area contributed by atoms with Gasteiger partial charge in [-0.2, -0.15) is 0 Å². The maximum Gasteiger partial charge on any atom is 0.143 e. The molecule has 2 heterocycles. The molecule has 13 rings (SSSR count). The lowest BCUT2D eigenvalue weighted by Gasteiger charge is -2.26. The molecular formula is C64H42N2O. The number of nitrogens with zero attached hydrogens (tertiary/aromatic N) is 2. The Bertz CT molecular complexity index is 3900. The third-order valence-corrected chi connectivity index (χ3v) is 13.4. The third-order valence-electron chi connectivity index (χ3n) is 13.4. The quantitative estimate of drug-likeness (QED) is 0.152. The fourth-order valence-electron chi connectivity index (χ4n) is 10.3. The van der Waals surface area contributed by atoms with Gasteiger partial charge in [-0.3, -0.25) is 0 Å². The van der Waals surface area contributed by atoms with Crippen LogP contribution in [0.3, 0.4) is 0 Å². The van der Waals surface area contributed by atoms with Crippen molar-refractivity contribution in [3.05, 3.63) is 255 Å². The molecule has 3 nitrogen and oxygen atoms in total. The minimum Gasteiger partial charge on any atom is -0.455 e. The average Bonchev–Trinajstić information content (AvgIpc) is 3.96. The van der Waals surface area contributed by atoms with Gasteiger partial charge in [0.25, 0.3) is 0 Å². The Balaban J connectivity index is 0.899. The second-order valence-corrected chi connectivity index (χ2v) is 17.3. The number of rotatable bonds is 8. The van der Waals surface area contributed by atoms with E-state index < -0.39 is 0 Å². The third kappa shape index (κ3) is 6.59. The molecule has 0 fully saturated rings. The molecule has 13 aromatic rings. The van der Waals surface area contributed by atoms with Crippen LogP contribution in [0.15, 0.2) is 259 Å². The van der Waals surface area contributed by atoms with Crippen LogP contribution in [-0.2, 0) is 0 Å². The molecule has 0 aliphatic heterocycles. The lowest BCUT2D eigenvalue weighted by molar-refractivity contribution is 0.670. The molecule has 0 N–H and O–H groups in total. The van der Waals surface area contributed by atoms with Crippen LogP contribution in [0.1, 0.15) is 0 Å². The van der Waals surface area contributed by atoms with Crippen LogP contribution in [0.25, 0.3) is 105 Å². The van der Waals surface area contributed by atoms with Gasteiger partial charge in [0.1, 0.15) is 11.2 Å². The van der Waals surface area contributed by atoms with Gasteiger partial charge in [-0.05, 0) is 116 Å². The summed E-state index contributed by atoms with van der Waals surface area (Å²) in [5.41, 5.74) is 17.9. The maximum atomic E-state index is 6.46. The molecule has 0 saturated heterocycles. The van der Waals surface area contributed by atoms with Crippen molar-refractivity contribution in [2.45, 2.75) is 0 Å². The summed E-state index contributed by atoms with van der Waals surface area (Å²) in [5.74, 6) is 0. The van der Waals surface area contributed by atoms with Crippen molar-refractivity contribution < 1.29 is 4.42 Å². The van der Waals surface area contributed by atoms with Crippen molar-refractivity contribution in [2.75, 3.05) is 4.90 Å². The fraction of sp³-hybridized carbons (Fsp3) is 0. The van der Waals surface area contributed by atoms with E-state index in [4.69, 9.17) is 4.42 Å². The Morgan fingerprint density at radius 3 is 1.42 bits per heavy atom. The summed E-state index contributed by atoms with van der Waals surface area (Å²) >= 11 is 0. The zero-order chi connectivity index (χ0) is 44.3. The Morgan fingerprint density at radius 2 is 0.776 bits per heavy atom. The molecule has 11 aromatic carbocycles. The van der Waals surface area contributed by atoms with Gasteiger partial charge in [-0.25, -0.2) is 0 Å². The Labute approximate surface area is 388 Å². The molecule has 0 atom stereocenters. The molecule has 0 unspecified atom stereocenters. The lowest BCUT2D eigenvalue weighted by Crippen LogP contribution is -2.09. The predicted molar refractivity (Wildman–Crippen MR) is 282 cm³/mol. The minimum atomic E-state index is 0.901. The number of anilines is 3. The van der Waals surface area contributed by atoms with Crippen LogP contribution in [0.2, 0.25) is 0 Å². The zero-order valence-electron chi connectivity index (χ0n) is 36.6. The van der Waals surface area contributed by atoms with Crippen LogP contribution in [-0.4, -0.2) is 4.57 Å². The summed E-state index contributed by atoms with van der Waals surface area (Å²) in [6.07, 6.45) is 0. The van der Waals surface area contributed by atoms with E-state index in [2.05, 4.69) is 252 Å². The summed E-state index contributed by atoms with van der Waals surface area (Å²) in [5, 5.41) is 7.26. The van der Waals surface area contributed by atoms with Gasteiger partial charge in [0.05, 0.1) is 11.0 Å². The van der Waals surface area contributed by atoms with Crippen molar-refractivity contribution >= 4 is 71.6 Å². The van der Waals surface area contributed by atoms with E-state index in [-0.39, 0.29) is 0 Å². The smallest absolute Gasteiger partial charge is 0.143 e. The van der Waals surface area contributed by atoms with E-state index in [0.717, 1.165) is 66.9 Å². The highest BCUT2D eigenvalue weighted by Gasteiger charge is 2.18. The second kappa shape index (κ2) is 16.0. The number of aromatic nitrogens is 1. The Morgan fingerprint density at radius 1 is 0.313 bits per heavy atom. The van der Waals surface area contributed by atoms with Crippen LogP contribution >= 0.6 is 0 Å². The largest absolute Gasteiger partial charge is 0.455 e. The summed E-state index contributed by atoms with van der Waals surface area (Å²) in [6.45, 7) is 0. The highest BCUT2D eigenvalue weighted by molar-refractivity contribution is 6.11. The lowest BCUT2D eigenvalue weighted by atomic mass is 9.91. The van der Waals surface area contributed by atoms with Crippen LogP contribution < -0.4 is 4.90 Å². The molecule has 2 aromatic heterocycles. The van der Waals surface area contributed by atoms with E-state index in [0.29, 0.717) is 0 Å². The van der Waals surface area contributed by atoms with Crippen molar-refractivity contribution in [3.8, 4) is 50.2 Å². The fourth-order valence-corrected chi connectivity index (χ4v) is 10.3. The van der Waals surface area contributed by atoms with Crippen LogP contribution in [0, 0.1) is 0 Å². The summed E-state index contributed by atoms with van der Waals surface area (Å²) < 4.78 is 8.85. The van der Waals surface area contributed by atoms with Gasteiger partial charge in [-0.1, -0.05) is 188 Å². The standard InChI is InChI=1S/C64H42N2O/c1-2-14-44(15-3-1)53-23-11-16-47-17-12-24-54(63(47)53)45-32-38-50(39-33-45)65(51-40-34-46(35-41-51)55-25-13-26-59-58-22-6-9-29-62(58)67-64(55)59)49-36-30-43(31-37-49)48-18-10-19-52(42-48)66-60-27-7-4-20-56(60)57-21-5-8-28-61(57)66/h1-42H. The first kappa shape index (κ1) is 38.5. The number of para-hydroxylation sites is 4. The van der Waals surface area contributed by atoms with Gasteiger partial charge in [0, 0.05) is 49.9 Å². The summed E-state index contributed by atoms with van der Waals surface area (Å²) in [7, 11) is 0. The van der Waals surface area contributed by atoms with E-state index in [1.54, 1.807) is 0 Å². The summed E-state index contributed by atoms with van der Waals surface area (Å²) in [4.78, 5) is 2.35. The predicted octanol–water partition coefficient (Wildman–Crippen LogP) is 18.0. The Kier molecular flexibility index (Phi) is 9.17. The molecule has 0 bridgehead atoms. The molecule has 3 heteroatoms. The molecule has 67 heavy (non-hydrogen) atoms. The van der Waals surface area contributed by atoms with Gasteiger partial charge in [-0.15, -0.1) is 0 Å². The number of benzene rings is 11. The highest BCUT2D eigenvalue weighted by Crippen LogP contribution is 2.42. The second-order valence-electron chi connectivity index (χ2n) is 17.3. The average molecular weight is 855 g/mol. The molecular weight excluding hydrogens is 813 g/mol. The van der Waals surface area contributed by atoms with Crippen molar-refractivity contribution in [2.24, 2.45) is 0 Å². The summed E-state index contributed by atoms with van der Waals surface area (Å²) in [6, 6.07) is 91.8. The first-order valence-corrected chi connectivity index (χ1v) is 22.9. The molecule has 314 valence electrons. The van der Waals surface area contributed by atoms with E-state index in [1.165, 1.54) is 54.8 Å². The van der Waals surface area contributed by atoms with Gasteiger partial charge in [0.15, 0.2) is 0 Å². The molecule has 0 aliphatic carbocycles. The zero-order valence-corrected chi connectivity index (χ0v) is 36.6. The van der Waals surface area contributed by atoms with E-state index >= 15 is 0 Å². The molecule has 0 amide bonds. The first-order chi connectivity index (χ1) is 33.2. The van der Waals surface area contributed by atoms with Crippen molar-refractivity contribution in [1.29, 1.82) is 0 Å². The van der Waals surface area contributed by atoms with Gasteiger partial charge >= 0.3 is 0 Å². The molecule has 0 spiro atoms. The Hall–Kier alpha value is -8.92. The normalized spacial score (nSPS) is 11.6. The maximum absolute atomic E-state index is 6.46. The number of hydrogen-bond acceptors (Lipinski definition) is 2. The number of furan rings is 1. The van der Waals surface area contributed by atoms with Gasteiger partial charge < -0.3 is 13.9 Å². The van der Waals surface area contributed by atoms with Crippen molar-refractivity contribution in [1.82, 2.24) is 4.57 Å². The number of hydrogen-bond donors (Lipinski definition) is 0. The topological polar surface area (TPSA) is 21.3 Å². The number of fused-ring (bicyclic) bond motifs is 7. The first-order valence-electron chi connectivity index (χ1n) is 22.9. The monoisotopic (exact) mass is 854 g/mol. The van der Waals surface area contributed by atoms with Crippen LogP contribution in [0.5, 0.6) is 0 Å². The van der Waals surface area contributed by atoms with E-state index in [1.807, 2.05) is 12.1 Å². The molecule has 0 saturated carbocycles. The van der Waals surface area contributed by atoms with E-state index in [9.17, 15) is 0 Å². The highest BCUT2D eigenvalue weighted by atomic mass is 16.3. The van der Waals surface area contributed by atoms with Gasteiger partial charge in [0.2, 0.25) is 0 Å². The van der Waals surface area contributed by atoms with Crippen molar-refractivity contribution in [3.63, 3.8) is 0 Å². The molecule has 0 aliphatic rings. The minimum absolute atomic E-state index is 0.901. The molecule has 0 radical (unpaired) electrons.